The van der Waals surface area contributed by atoms with Crippen LogP contribution < -0.4 is 10.3 Å². The second-order valence-corrected chi connectivity index (χ2v) is 7.32. The van der Waals surface area contributed by atoms with Crippen molar-refractivity contribution in [3.63, 3.8) is 0 Å². The van der Waals surface area contributed by atoms with Crippen molar-refractivity contribution < 1.29 is 9.36 Å². The Labute approximate surface area is 158 Å². The molecule has 26 heavy (non-hydrogen) atoms. The summed E-state index contributed by atoms with van der Waals surface area (Å²) in [5.74, 6) is 0. The molecule has 0 bridgehead atoms. The van der Waals surface area contributed by atoms with Crippen LogP contribution >= 0.6 is 11.3 Å². The molecule has 2 N–H and O–H groups in total. The van der Waals surface area contributed by atoms with Crippen molar-refractivity contribution in [2.75, 3.05) is 6.54 Å². The van der Waals surface area contributed by atoms with Gasteiger partial charge in [0.15, 0.2) is 18.7 Å². The number of thiophene rings is 1. The van der Waals surface area contributed by atoms with Crippen LogP contribution in [0.4, 0.5) is 0 Å². The quantitative estimate of drug-likeness (QED) is 0.340. The molecule has 0 radical (unpaired) electrons. The molecular formula is C22H25N2OS+. The van der Waals surface area contributed by atoms with E-state index in [0.29, 0.717) is 0 Å². The highest BCUT2D eigenvalue weighted by Gasteiger charge is 2.05. The van der Waals surface area contributed by atoms with Gasteiger partial charge in [-0.2, -0.15) is 0 Å². The molecule has 1 aromatic carbocycles. The highest BCUT2D eigenvalue weighted by Crippen LogP contribution is 2.29. The number of benzene rings is 1. The van der Waals surface area contributed by atoms with E-state index < -0.39 is 0 Å². The third-order valence-electron chi connectivity index (χ3n) is 4.53. The summed E-state index contributed by atoms with van der Waals surface area (Å²) in [5.41, 5.74) is 8.62. The number of unbranched alkanes of at least 4 members (excludes halogenated alkanes) is 3. The van der Waals surface area contributed by atoms with E-state index in [4.69, 9.17) is 5.73 Å². The van der Waals surface area contributed by atoms with E-state index in [1.165, 1.54) is 24.8 Å². The van der Waals surface area contributed by atoms with E-state index in [0.717, 1.165) is 47.0 Å². The minimum atomic E-state index is 0.763. The van der Waals surface area contributed by atoms with E-state index in [-0.39, 0.29) is 0 Å². The van der Waals surface area contributed by atoms with Crippen LogP contribution in [-0.4, -0.2) is 12.8 Å². The van der Waals surface area contributed by atoms with E-state index in [9.17, 15) is 4.79 Å². The predicted octanol–water partition coefficient (Wildman–Crippen LogP) is 4.69. The van der Waals surface area contributed by atoms with E-state index in [1.54, 1.807) is 11.3 Å². The zero-order valence-electron chi connectivity index (χ0n) is 14.9. The van der Waals surface area contributed by atoms with Crippen LogP contribution in [0.1, 0.15) is 47.2 Å². The lowest BCUT2D eigenvalue weighted by Gasteiger charge is -1.99. The number of nitrogens with two attached hydrogens (primary N) is 1. The maximum Gasteiger partial charge on any atom is 0.169 e. The number of carbonyl (C=O) groups is 1. The summed E-state index contributed by atoms with van der Waals surface area (Å²) in [7, 11) is 0. The maximum absolute atomic E-state index is 11.1. The van der Waals surface area contributed by atoms with Gasteiger partial charge in [-0.3, -0.25) is 4.79 Å². The molecule has 3 nitrogen and oxygen atoms in total. The first kappa shape index (κ1) is 18.5. The molecule has 134 valence electrons. The Kier molecular flexibility index (Phi) is 6.69. The highest BCUT2D eigenvalue weighted by molar-refractivity contribution is 7.17. The first-order valence-corrected chi connectivity index (χ1v) is 10.0. The van der Waals surface area contributed by atoms with Gasteiger partial charge in [0.1, 0.15) is 6.54 Å². The number of nitrogens with zero attached hydrogens (tertiary/aromatic N) is 1. The van der Waals surface area contributed by atoms with Gasteiger partial charge in [-0.25, -0.2) is 4.57 Å². The Balaban J connectivity index is 1.63. The standard InChI is InChI=1S/C22H25N2OS/c23-12-3-1-2-4-13-24-14-10-18(11-15-24)8-9-20-17-26-22-19(16-25)6-5-7-21(20)22/h5-11,14-17H,1-4,12-13,23H2/q+1/b9-8+. The van der Waals surface area contributed by atoms with Gasteiger partial charge in [0, 0.05) is 34.2 Å². The summed E-state index contributed by atoms with van der Waals surface area (Å²) in [6.45, 7) is 1.85. The fourth-order valence-corrected chi connectivity index (χ4v) is 4.04. The predicted molar refractivity (Wildman–Crippen MR) is 110 cm³/mol. The van der Waals surface area contributed by atoms with Crippen LogP contribution in [0.2, 0.25) is 0 Å². The molecule has 0 aliphatic carbocycles. The average Bonchev–Trinajstić information content (AvgIpc) is 3.10. The van der Waals surface area contributed by atoms with Crippen LogP contribution in [0, 0.1) is 0 Å². The number of rotatable bonds is 9. The van der Waals surface area contributed by atoms with Crippen LogP contribution in [0.3, 0.4) is 0 Å². The summed E-state index contributed by atoms with van der Waals surface area (Å²) in [6, 6.07) is 10.2. The average molecular weight is 366 g/mol. The summed E-state index contributed by atoms with van der Waals surface area (Å²) < 4.78 is 3.29. The number of fused-ring (bicyclic) bond motifs is 1. The molecule has 0 saturated carbocycles. The van der Waals surface area contributed by atoms with Gasteiger partial charge in [-0.1, -0.05) is 36.8 Å². The first-order valence-electron chi connectivity index (χ1n) is 9.14. The normalized spacial score (nSPS) is 11.4. The lowest BCUT2D eigenvalue weighted by Crippen LogP contribution is -2.32. The van der Waals surface area contributed by atoms with Gasteiger partial charge in [-0.15, -0.1) is 11.3 Å². The molecule has 0 aliphatic heterocycles. The molecule has 0 spiro atoms. The number of carbonyl (C=O) groups excluding carboxylic acids is 1. The minimum absolute atomic E-state index is 0.763. The summed E-state index contributed by atoms with van der Waals surface area (Å²) >= 11 is 1.62. The SMILES string of the molecule is NCCCCCC[n+]1ccc(/C=C/c2csc3c(C=O)cccc23)cc1. The number of hydrogen-bond donors (Lipinski definition) is 1. The van der Waals surface area contributed by atoms with Crippen molar-refractivity contribution in [3.8, 4) is 0 Å². The lowest BCUT2D eigenvalue weighted by molar-refractivity contribution is -0.697. The molecule has 0 aliphatic rings. The van der Waals surface area contributed by atoms with Crippen molar-refractivity contribution in [2.24, 2.45) is 5.73 Å². The summed E-state index contributed by atoms with van der Waals surface area (Å²) in [6.07, 6.45) is 14.2. The Hall–Kier alpha value is -2.30. The van der Waals surface area contributed by atoms with Gasteiger partial charge in [0.2, 0.25) is 0 Å². The fourth-order valence-electron chi connectivity index (χ4n) is 3.03. The third-order valence-corrected chi connectivity index (χ3v) is 5.59. The fraction of sp³-hybridized carbons (Fsp3) is 0.273. The Bertz CT molecular complexity index is 881. The van der Waals surface area contributed by atoms with Gasteiger partial charge in [0.05, 0.1) is 0 Å². The van der Waals surface area contributed by atoms with E-state index in [1.807, 2.05) is 12.1 Å². The van der Waals surface area contributed by atoms with Gasteiger partial charge < -0.3 is 5.73 Å². The van der Waals surface area contributed by atoms with Crippen LogP contribution in [0.15, 0.2) is 48.1 Å². The van der Waals surface area contributed by atoms with Crippen molar-refractivity contribution in [1.82, 2.24) is 0 Å². The Morgan fingerprint density at radius 1 is 0.962 bits per heavy atom. The largest absolute Gasteiger partial charge is 0.330 e. The molecular weight excluding hydrogens is 340 g/mol. The second kappa shape index (κ2) is 9.41. The summed E-state index contributed by atoms with van der Waals surface area (Å²) in [5, 5.41) is 3.25. The smallest absolute Gasteiger partial charge is 0.169 e. The minimum Gasteiger partial charge on any atom is -0.330 e. The number of aromatic nitrogens is 1. The molecule has 2 heterocycles. The molecule has 3 rings (SSSR count). The van der Waals surface area contributed by atoms with Crippen molar-refractivity contribution in [3.05, 3.63) is 64.8 Å². The van der Waals surface area contributed by atoms with E-state index in [2.05, 4.69) is 52.7 Å². The van der Waals surface area contributed by atoms with Crippen LogP contribution in [-0.2, 0) is 6.54 Å². The zero-order valence-corrected chi connectivity index (χ0v) is 15.8. The number of aryl methyl sites for hydroxylation is 1. The zero-order chi connectivity index (χ0) is 18.2. The topological polar surface area (TPSA) is 47.0 Å². The Morgan fingerprint density at radius 2 is 1.77 bits per heavy atom. The number of hydrogen-bond acceptors (Lipinski definition) is 3. The van der Waals surface area contributed by atoms with Crippen molar-refractivity contribution in [1.29, 1.82) is 0 Å². The number of aldehydes is 1. The van der Waals surface area contributed by atoms with Crippen LogP contribution in [0.5, 0.6) is 0 Å². The highest BCUT2D eigenvalue weighted by atomic mass is 32.1. The molecule has 0 unspecified atom stereocenters. The molecule has 0 saturated heterocycles. The Morgan fingerprint density at radius 3 is 2.54 bits per heavy atom. The molecule has 2 aromatic heterocycles. The van der Waals surface area contributed by atoms with Gasteiger partial charge in [-0.05, 0) is 35.9 Å². The molecule has 4 heteroatoms. The first-order chi connectivity index (χ1) is 12.8. The molecule has 3 aromatic rings. The third kappa shape index (κ3) is 4.65. The van der Waals surface area contributed by atoms with E-state index >= 15 is 0 Å². The van der Waals surface area contributed by atoms with Crippen molar-refractivity contribution in [2.45, 2.75) is 32.2 Å². The number of pyridine rings is 1. The van der Waals surface area contributed by atoms with Crippen LogP contribution in [0.25, 0.3) is 22.2 Å². The molecule has 0 atom stereocenters. The maximum atomic E-state index is 11.1. The summed E-state index contributed by atoms with van der Waals surface area (Å²) in [4.78, 5) is 11.1. The second-order valence-electron chi connectivity index (χ2n) is 6.44. The van der Waals surface area contributed by atoms with Crippen molar-refractivity contribution >= 4 is 39.9 Å². The lowest BCUT2D eigenvalue weighted by atomic mass is 10.1. The molecule has 0 fully saturated rings. The van der Waals surface area contributed by atoms with Gasteiger partial charge >= 0.3 is 0 Å². The van der Waals surface area contributed by atoms with Gasteiger partial charge in [0.25, 0.3) is 0 Å². The molecule has 0 amide bonds. The monoisotopic (exact) mass is 365 g/mol.